The number of nitrogens with one attached hydrogen (secondary N) is 3. The molecule has 2 amide bonds. The molecular weight excluding hydrogens is 493 g/mol. The maximum atomic E-state index is 15.1. The van der Waals surface area contributed by atoms with Gasteiger partial charge in [0.1, 0.15) is 11.0 Å². The molecule has 0 saturated carbocycles. The van der Waals surface area contributed by atoms with Gasteiger partial charge in [0.05, 0.1) is 35.7 Å². The third-order valence-corrected chi connectivity index (χ3v) is 8.01. The number of thiazole rings is 2. The van der Waals surface area contributed by atoms with Crippen LogP contribution in [0.2, 0.25) is 0 Å². The Morgan fingerprint density at radius 3 is 2.26 bits per heavy atom. The first-order valence-electron chi connectivity index (χ1n) is 11.8. The number of halogens is 1. The van der Waals surface area contributed by atoms with Gasteiger partial charge in [-0.2, -0.15) is 0 Å². The van der Waals surface area contributed by atoms with Crippen molar-refractivity contribution < 1.29 is 18.7 Å². The molecule has 0 aliphatic carbocycles. The number of hydrogen-bond donors (Lipinski definition) is 3. The number of ether oxygens (including phenoxy) is 1. The number of fused-ring (bicyclic) bond motifs is 2. The van der Waals surface area contributed by atoms with Crippen molar-refractivity contribution in [3.63, 3.8) is 0 Å². The van der Waals surface area contributed by atoms with Crippen LogP contribution in [0.5, 0.6) is 0 Å². The van der Waals surface area contributed by atoms with Gasteiger partial charge in [-0.15, -0.1) is 0 Å². The van der Waals surface area contributed by atoms with E-state index in [-0.39, 0.29) is 35.9 Å². The number of aromatic nitrogens is 2. The number of amides is 2. The average Bonchev–Trinajstić information content (AvgIpc) is 3.62. The highest BCUT2D eigenvalue weighted by Gasteiger charge is 2.20. The van der Waals surface area contributed by atoms with E-state index in [1.807, 2.05) is 11.0 Å². The van der Waals surface area contributed by atoms with Crippen molar-refractivity contribution in [2.45, 2.75) is 12.8 Å². The van der Waals surface area contributed by atoms with E-state index in [9.17, 15) is 9.59 Å². The zero-order valence-electron chi connectivity index (χ0n) is 19.3. The molecule has 3 aromatic rings. The first-order valence-corrected chi connectivity index (χ1v) is 13.4. The Morgan fingerprint density at radius 2 is 1.60 bits per heavy atom. The maximum Gasteiger partial charge on any atom is 0.241 e. The summed E-state index contributed by atoms with van der Waals surface area (Å²) in [4.78, 5) is 37.2. The van der Waals surface area contributed by atoms with Gasteiger partial charge < -0.3 is 25.6 Å². The molecule has 2 aliphatic heterocycles. The molecule has 2 aliphatic rings. The van der Waals surface area contributed by atoms with Gasteiger partial charge in [0.15, 0.2) is 16.1 Å². The molecule has 0 spiro atoms. The lowest BCUT2D eigenvalue weighted by atomic mass is 10.3. The zero-order valence-corrected chi connectivity index (χ0v) is 20.9. The largest absolute Gasteiger partial charge is 0.379 e. The summed E-state index contributed by atoms with van der Waals surface area (Å²) in [5, 5.41) is 9.90. The fraction of sp³-hybridized carbons (Fsp3) is 0.545. The number of anilines is 2. The quantitative estimate of drug-likeness (QED) is 0.392. The summed E-state index contributed by atoms with van der Waals surface area (Å²) < 4.78 is 21.8. The van der Waals surface area contributed by atoms with Gasteiger partial charge in [-0.05, 0) is 18.9 Å². The van der Waals surface area contributed by atoms with Gasteiger partial charge >= 0.3 is 0 Å². The minimum Gasteiger partial charge on any atom is -0.379 e. The Bertz CT molecular complexity index is 1200. The Morgan fingerprint density at radius 1 is 0.971 bits per heavy atom. The van der Waals surface area contributed by atoms with Crippen LogP contribution in [0.3, 0.4) is 0 Å². The number of rotatable bonds is 9. The van der Waals surface area contributed by atoms with E-state index in [0.29, 0.717) is 26.2 Å². The highest BCUT2D eigenvalue weighted by Crippen LogP contribution is 2.36. The Hall–Kier alpha value is -2.61. The molecule has 5 rings (SSSR count). The molecule has 1 aromatic carbocycles. The molecule has 188 valence electrons. The fourth-order valence-corrected chi connectivity index (χ4v) is 6.05. The number of likely N-dealkylation sites (tertiary alicyclic amines) is 1. The van der Waals surface area contributed by atoms with Crippen molar-refractivity contribution >= 4 is 65.2 Å². The summed E-state index contributed by atoms with van der Waals surface area (Å²) >= 11 is 2.60. The van der Waals surface area contributed by atoms with Crippen LogP contribution in [-0.4, -0.2) is 97.2 Å². The second kappa shape index (κ2) is 11.0. The highest BCUT2D eigenvalue weighted by atomic mass is 32.1. The van der Waals surface area contributed by atoms with E-state index in [4.69, 9.17) is 4.74 Å². The van der Waals surface area contributed by atoms with Crippen molar-refractivity contribution in [1.29, 1.82) is 0 Å². The SMILES string of the molecule is O=C(CNc1nc2c(F)c3nc(NCC(=O)N4CCCC4)sc3cc2s1)NCCN1CCOCC1. The Labute approximate surface area is 209 Å². The van der Waals surface area contributed by atoms with Gasteiger partial charge in [0, 0.05) is 39.3 Å². The minimum absolute atomic E-state index is 0.0331. The van der Waals surface area contributed by atoms with Crippen LogP contribution in [-0.2, 0) is 14.3 Å². The normalized spacial score (nSPS) is 16.8. The molecule has 35 heavy (non-hydrogen) atoms. The summed E-state index contributed by atoms with van der Waals surface area (Å²) in [7, 11) is 0. The second-order valence-corrected chi connectivity index (χ2v) is 10.6. The van der Waals surface area contributed by atoms with Crippen molar-refractivity contribution in [2.75, 3.05) is 76.2 Å². The van der Waals surface area contributed by atoms with Crippen molar-refractivity contribution in [3.05, 3.63) is 11.9 Å². The van der Waals surface area contributed by atoms with E-state index in [1.165, 1.54) is 22.7 Å². The summed E-state index contributed by atoms with van der Waals surface area (Å²) in [5.41, 5.74) is 0.457. The van der Waals surface area contributed by atoms with E-state index < -0.39 is 5.82 Å². The third-order valence-electron chi connectivity index (χ3n) is 6.09. The first kappa shape index (κ1) is 24.1. The molecule has 13 heteroatoms. The van der Waals surface area contributed by atoms with Gasteiger partial charge in [0.2, 0.25) is 11.8 Å². The van der Waals surface area contributed by atoms with Crippen LogP contribution in [0.15, 0.2) is 6.07 Å². The smallest absolute Gasteiger partial charge is 0.241 e. The van der Waals surface area contributed by atoms with E-state index >= 15 is 4.39 Å². The number of carbonyl (C=O) groups is 2. The summed E-state index contributed by atoms with van der Waals surface area (Å²) in [5.74, 6) is -0.600. The summed E-state index contributed by atoms with van der Waals surface area (Å²) in [6.07, 6.45) is 2.08. The van der Waals surface area contributed by atoms with Gasteiger partial charge in [-0.25, -0.2) is 14.4 Å². The predicted molar refractivity (Wildman–Crippen MR) is 136 cm³/mol. The van der Waals surface area contributed by atoms with Crippen LogP contribution in [0.25, 0.3) is 20.4 Å². The molecule has 2 fully saturated rings. The van der Waals surface area contributed by atoms with Crippen molar-refractivity contribution in [2.24, 2.45) is 0 Å². The Kier molecular flexibility index (Phi) is 7.56. The van der Waals surface area contributed by atoms with Crippen molar-refractivity contribution in [1.82, 2.24) is 25.1 Å². The number of carbonyl (C=O) groups excluding carboxylic acids is 2. The molecule has 0 unspecified atom stereocenters. The molecule has 2 saturated heterocycles. The van der Waals surface area contributed by atoms with Crippen LogP contribution in [0.1, 0.15) is 12.8 Å². The molecule has 0 bridgehead atoms. The van der Waals surface area contributed by atoms with Crippen LogP contribution in [0.4, 0.5) is 14.7 Å². The van der Waals surface area contributed by atoms with Crippen LogP contribution < -0.4 is 16.0 Å². The molecular formula is C22H28FN7O3S2. The first-order chi connectivity index (χ1) is 17.1. The molecule has 0 radical (unpaired) electrons. The lowest BCUT2D eigenvalue weighted by molar-refractivity contribution is -0.128. The van der Waals surface area contributed by atoms with E-state index in [0.717, 1.165) is 58.8 Å². The molecule has 4 heterocycles. The minimum atomic E-state index is -0.494. The predicted octanol–water partition coefficient (Wildman–Crippen LogP) is 1.94. The molecule has 2 aromatic heterocycles. The van der Waals surface area contributed by atoms with E-state index in [1.54, 1.807) is 0 Å². The second-order valence-electron chi connectivity index (χ2n) is 8.52. The van der Waals surface area contributed by atoms with Crippen LogP contribution >= 0.6 is 22.7 Å². The lowest BCUT2D eigenvalue weighted by Crippen LogP contribution is -2.42. The average molecular weight is 522 g/mol. The highest BCUT2D eigenvalue weighted by molar-refractivity contribution is 7.24. The topological polar surface area (TPSA) is 112 Å². The van der Waals surface area contributed by atoms with Crippen molar-refractivity contribution in [3.8, 4) is 0 Å². The zero-order chi connectivity index (χ0) is 24.2. The maximum absolute atomic E-state index is 15.1. The Balaban J connectivity index is 1.16. The summed E-state index contributed by atoms with van der Waals surface area (Å²) in [6, 6.07) is 1.85. The van der Waals surface area contributed by atoms with E-state index in [2.05, 4.69) is 30.8 Å². The number of benzene rings is 1. The third kappa shape index (κ3) is 5.80. The monoisotopic (exact) mass is 521 g/mol. The number of morpholine rings is 1. The number of nitrogens with zero attached hydrogens (tertiary/aromatic N) is 4. The summed E-state index contributed by atoms with van der Waals surface area (Å²) in [6.45, 7) is 6.38. The standard InChI is InChI=1S/C22H28FN7O3S2/c23-18-19-14(11-15-20(18)28-22(35-15)26-13-17(32)30-4-1-2-5-30)34-21(27-19)25-12-16(31)24-3-6-29-7-9-33-10-8-29/h11H,1-10,12-13H2,(H,24,31)(H,25,27)(H,26,28). The number of hydrogen-bond acceptors (Lipinski definition) is 10. The lowest BCUT2D eigenvalue weighted by Gasteiger charge is -2.26. The molecule has 0 atom stereocenters. The van der Waals surface area contributed by atoms with Gasteiger partial charge in [-0.3, -0.25) is 14.5 Å². The fourth-order valence-electron chi connectivity index (χ4n) is 4.18. The van der Waals surface area contributed by atoms with Gasteiger partial charge in [-0.1, -0.05) is 22.7 Å². The van der Waals surface area contributed by atoms with Gasteiger partial charge in [0.25, 0.3) is 0 Å². The van der Waals surface area contributed by atoms with Crippen LogP contribution in [0, 0.1) is 5.82 Å². The molecule has 10 nitrogen and oxygen atoms in total. The molecule has 3 N–H and O–H groups in total.